The number of aryl methyl sites for hydroxylation is 1. The molecule has 12 heteroatoms. The third-order valence-corrected chi connectivity index (χ3v) is 6.10. The number of nitrogens with one attached hydrogen (secondary N) is 2. The van der Waals surface area contributed by atoms with Gasteiger partial charge >= 0.3 is 12.1 Å². The number of phenolic OH excluding ortho intramolecular Hbond substituents is 1. The summed E-state index contributed by atoms with van der Waals surface area (Å²) in [6.07, 6.45) is 4.16. The van der Waals surface area contributed by atoms with Gasteiger partial charge in [-0.25, -0.2) is 9.59 Å². The molecule has 0 aliphatic heterocycles. The van der Waals surface area contributed by atoms with Crippen LogP contribution in [-0.2, 0) is 35.1 Å². The van der Waals surface area contributed by atoms with Gasteiger partial charge in [0.2, 0.25) is 11.8 Å². The quantitative estimate of drug-likeness (QED) is 0.168. The largest absolute Gasteiger partial charge is 0.508 e. The Balaban J connectivity index is 2.58. The van der Waals surface area contributed by atoms with E-state index < -0.39 is 65.5 Å². The second-order valence-corrected chi connectivity index (χ2v) is 12.4. The number of nitrogens with zero attached hydrogens (tertiary/aromatic N) is 1. The maximum absolute atomic E-state index is 14.1. The van der Waals surface area contributed by atoms with Crippen molar-refractivity contribution in [3.05, 3.63) is 65.2 Å². The van der Waals surface area contributed by atoms with Gasteiger partial charge < -0.3 is 30.9 Å². The molecule has 3 unspecified atom stereocenters. The maximum Gasteiger partial charge on any atom is 0.408 e. The van der Waals surface area contributed by atoms with Gasteiger partial charge in [0.05, 0.1) is 6.42 Å². The van der Waals surface area contributed by atoms with Crippen LogP contribution in [0.4, 0.5) is 4.79 Å². The molecule has 45 heavy (non-hydrogen) atoms. The van der Waals surface area contributed by atoms with Gasteiger partial charge in [-0.05, 0) is 77.3 Å². The summed E-state index contributed by atoms with van der Waals surface area (Å²) in [4.78, 5) is 66.4. The molecule has 2 rings (SSSR count). The summed E-state index contributed by atoms with van der Waals surface area (Å²) in [5, 5.41) is 15.1. The molecular formula is C33H42N4O8. The van der Waals surface area contributed by atoms with Gasteiger partial charge in [-0.2, -0.15) is 0 Å². The molecule has 2 aromatic carbocycles. The number of alkyl carbamates (subject to hydrolysis) is 1. The van der Waals surface area contributed by atoms with Gasteiger partial charge in [0, 0.05) is 12.5 Å². The molecule has 0 aromatic heterocycles. The van der Waals surface area contributed by atoms with E-state index in [1.807, 2.05) is 0 Å². The molecule has 0 fully saturated rings. The molecule has 0 saturated heterocycles. The average Bonchev–Trinajstić information content (AvgIpc) is 2.90. The topological polar surface area (TPSA) is 177 Å². The SMILES string of the molecule is C#CN(C(=O)C(CC(N)=O)NC(=O)OC(C)(C)C)C(C(=O)NC(Cc1ccccc1)C(=O)OC(C)(C)C)c1ccc(O)c(C)c1. The zero-order valence-corrected chi connectivity index (χ0v) is 26.7. The molecule has 12 nitrogen and oxygen atoms in total. The van der Waals surface area contributed by atoms with E-state index in [1.165, 1.54) is 18.2 Å². The van der Waals surface area contributed by atoms with Crippen LogP contribution in [0.1, 0.15) is 70.7 Å². The number of ether oxygens (including phenoxy) is 2. The van der Waals surface area contributed by atoms with Gasteiger partial charge in [-0.3, -0.25) is 19.3 Å². The van der Waals surface area contributed by atoms with E-state index in [9.17, 15) is 29.1 Å². The lowest BCUT2D eigenvalue weighted by molar-refractivity contribution is -0.159. The van der Waals surface area contributed by atoms with Crippen LogP contribution in [0.2, 0.25) is 0 Å². The summed E-state index contributed by atoms with van der Waals surface area (Å²) in [5.74, 6) is -3.63. The van der Waals surface area contributed by atoms with Crippen molar-refractivity contribution < 1.29 is 38.6 Å². The summed E-state index contributed by atoms with van der Waals surface area (Å²) >= 11 is 0. The zero-order chi connectivity index (χ0) is 34.1. The summed E-state index contributed by atoms with van der Waals surface area (Å²) in [6.45, 7) is 11.4. The lowest BCUT2D eigenvalue weighted by Crippen LogP contribution is -2.54. The predicted molar refractivity (Wildman–Crippen MR) is 166 cm³/mol. The van der Waals surface area contributed by atoms with E-state index in [4.69, 9.17) is 21.6 Å². The molecule has 0 bridgehead atoms. The van der Waals surface area contributed by atoms with Crippen LogP contribution in [-0.4, -0.2) is 63.1 Å². The van der Waals surface area contributed by atoms with Gasteiger partial charge in [0.15, 0.2) is 0 Å². The van der Waals surface area contributed by atoms with Gasteiger partial charge in [-0.15, -0.1) is 0 Å². The second kappa shape index (κ2) is 15.1. The molecule has 0 saturated carbocycles. The number of aromatic hydroxyl groups is 1. The minimum atomic E-state index is -1.60. The highest BCUT2D eigenvalue weighted by molar-refractivity contribution is 5.96. The van der Waals surface area contributed by atoms with Gasteiger partial charge in [-0.1, -0.05) is 42.8 Å². The Morgan fingerprint density at radius 2 is 1.53 bits per heavy atom. The number of terminal acetylenes is 1. The number of nitrogens with two attached hydrogens (primary N) is 1. The molecule has 3 atom stereocenters. The number of carbonyl (C=O) groups is 5. The van der Waals surface area contributed by atoms with Gasteiger partial charge in [0.25, 0.3) is 5.91 Å². The van der Waals surface area contributed by atoms with Crippen LogP contribution in [0.3, 0.4) is 0 Å². The minimum Gasteiger partial charge on any atom is -0.508 e. The first-order valence-corrected chi connectivity index (χ1v) is 14.2. The van der Waals surface area contributed by atoms with Crippen LogP contribution in [0.15, 0.2) is 48.5 Å². The van der Waals surface area contributed by atoms with E-state index in [1.54, 1.807) is 78.8 Å². The number of phenols is 1. The molecule has 0 heterocycles. The first-order valence-electron chi connectivity index (χ1n) is 14.2. The highest BCUT2D eigenvalue weighted by Gasteiger charge is 2.38. The minimum absolute atomic E-state index is 0.0529. The standard InChI is InChI=1S/C33H42N4O8/c1-9-37(29(41)23(19-26(34)39)36-31(43)45-33(6,7)8)27(22-15-16-25(38)20(2)17-22)28(40)35-24(30(42)44-32(3,4)5)18-21-13-11-10-12-14-21/h1,10-17,23-24,27,38H,18-19H2,2-8H3,(H2,34,39)(H,35,40)(H,36,43). The zero-order valence-electron chi connectivity index (χ0n) is 26.7. The second-order valence-electron chi connectivity index (χ2n) is 12.4. The summed E-state index contributed by atoms with van der Waals surface area (Å²) in [7, 11) is 0. The van der Waals surface area contributed by atoms with Crippen LogP contribution in [0.25, 0.3) is 0 Å². The Labute approximate surface area is 263 Å². The third-order valence-electron chi connectivity index (χ3n) is 6.10. The van der Waals surface area contributed by atoms with Crippen molar-refractivity contribution in [1.82, 2.24) is 15.5 Å². The number of hydrogen-bond acceptors (Lipinski definition) is 8. The van der Waals surface area contributed by atoms with Crippen molar-refractivity contribution in [3.8, 4) is 18.2 Å². The van der Waals surface area contributed by atoms with Crippen molar-refractivity contribution in [2.24, 2.45) is 5.73 Å². The van der Waals surface area contributed by atoms with E-state index in [2.05, 4.69) is 16.7 Å². The monoisotopic (exact) mass is 622 g/mol. The Kier molecular flexibility index (Phi) is 12.1. The number of esters is 1. The van der Waals surface area contributed by atoms with E-state index in [0.717, 1.165) is 5.56 Å². The Morgan fingerprint density at radius 1 is 0.933 bits per heavy atom. The molecular weight excluding hydrogens is 580 g/mol. The number of benzene rings is 2. The number of amides is 4. The number of rotatable bonds is 11. The van der Waals surface area contributed by atoms with Crippen LogP contribution in [0.5, 0.6) is 5.75 Å². The predicted octanol–water partition coefficient (Wildman–Crippen LogP) is 3.00. The summed E-state index contributed by atoms with van der Waals surface area (Å²) < 4.78 is 10.8. The summed E-state index contributed by atoms with van der Waals surface area (Å²) in [6, 6.07) is 10.9. The molecule has 0 aliphatic rings. The smallest absolute Gasteiger partial charge is 0.408 e. The first-order chi connectivity index (χ1) is 20.8. The van der Waals surface area contributed by atoms with Crippen molar-refractivity contribution in [2.45, 2.75) is 90.6 Å². The van der Waals surface area contributed by atoms with Crippen LogP contribution >= 0.6 is 0 Å². The van der Waals surface area contributed by atoms with Gasteiger partial charge in [0.1, 0.15) is 35.1 Å². The van der Waals surface area contributed by atoms with E-state index >= 15 is 0 Å². The number of carbonyl (C=O) groups excluding carboxylic acids is 5. The molecule has 2 aromatic rings. The number of hydrogen-bond donors (Lipinski definition) is 4. The van der Waals surface area contributed by atoms with Crippen molar-refractivity contribution >= 4 is 29.8 Å². The Bertz CT molecular complexity index is 1440. The lowest BCUT2D eigenvalue weighted by Gasteiger charge is -2.31. The normalized spacial score (nSPS) is 13.3. The van der Waals surface area contributed by atoms with Crippen molar-refractivity contribution in [1.29, 1.82) is 0 Å². The highest BCUT2D eigenvalue weighted by Crippen LogP contribution is 2.27. The average molecular weight is 623 g/mol. The van der Waals surface area contributed by atoms with Crippen molar-refractivity contribution in [3.63, 3.8) is 0 Å². The lowest BCUT2D eigenvalue weighted by atomic mass is 9.99. The fourth-order valence-corrected chi connectivity index (χ4v) is 4.22. The molecule has 242 valence electrons. The van der Waals surface area contributed by atoms with E-state index in [0.29, 0.717) is 10.5 Å². The molecule has 4 amide bonds. The Morgan fingerprint density at radius 3 is 2.04 bits per heavy atom. The summed E-state index contributed by atoms with van der Waals surface area (Å²) in [5.41, 5.74) is 4.82. The third kappa shape index (κ3) is 11.5. The highest BCUT2D eigenvalue weighted by atomic mass is 16.6. The molecule has 0 aliphatic carbocycles. The molecule has 0 spiro atoms. The van der Waals surface area contributed by atoms with Crippen LogP contribution in [0, 0.1) is 19.4 Å². The fraction of sp³-hybridized carbons (Fsp3) is 0.424. The molecule has 5 N–H and O–H groups in total. The number of primary amides is 1. The maximum atomic E-state index is 14.1. The van der Waals surface area contributed by atoms with Crippen molar-refractivity contribution in [2.75, 3.05) is 0 Å². The Hall–Kier alpha value is -5.05. The van der Waals surface area contributed by atoms with E-state index in [-0.39, 0.29) is 17.7 Å². The fourth-order valence-electron chi connectivity index (χ4n) is 4.22. The molecule has 0 radical (unpaired) electrons. The first kappa shape index (κ1) is 36.1. The van der Waals surface area contributed by atoms with Crippen LogP contribution < -0.4 is 16.4 Å².